The lowest BCUT2D eigenvalue weighted by molar-refractivity contribution is -0.173. The van der Waals surface area contributed by atoms with E-state index in [0.717, 1.165) is 4.68 Å². The minimum atomic E-state index is -4.58. The molecule has 0 saturated heterocycles. The molecule has 0 aliphatic carbocycles. The van der Waals surface area contributed by atoms with Crippen LogP contribution in [0.3, 0.4) is 0 Å². The summed E-state index contributed by atoms with van der Waals surface area (Å²) in [5, 5.41) is 9.35. The smallest absolute Gasteiger partial charge is 0.410 e. The average Bonchev–Trinajstić information content (AvgIpc) is 3.37. The Balaban J connectivity index is 1.47. The summed E-state index contributed by atoms with van der Waals surface area (Å²) in [6.45, 7) is 0.0689. The first-order chi connectivity index (χ1) is 15.3. The second kappa shape index (κ2) is 7.63. The van der Waals surface area contributed by atoms with E-state index in [1.165, 1.54) is 0 Å². The number of nitrogens with one attached hydrogen (secondary N) is 2. The molecule has 3 aromatic rings. The van der Waals surface area contributed by atoms with E-state index < -0.39 is 24.2 Å². The molecule has 32 heavy (non-hydrogen) atoms. The predicted molar refractivity (Wildman–Crippen MR) is 110 cm³/mol. The zero-order valence-corrected chi connectivity index (χ0v) is 17.1. The summed E-state index contributed by atoms with van der Waals surface area (Å²) in [6.07, 6.45) is -4.87. The molecule has 5 rings (SSSR count). The quantitative estimate of drug-likeness (QED) is 0.558. The Morgan fingerprint density at radius 3 is 2.66 bits per heavy atom. The van der Waals surface area contributed by atoms with E-state index in [1.54, 1.807) is 48.5 Å². The van der Waals surface area contributed by atoms with Crippen LogP contribution in [0, 0.1) is 0 Å². The van der Waals surface area contributed by atoms with Gasteiger partial charge >= 0.3 is 6.18 Å². The molecule has 2 aliphatic rings. The minimum Gasteiger partial charge on any atom is -0.454 e. The molecule has 0 saturated carbocycles. The second-order valence-electron chi connectivity index (χ2n) is 7.38. The van der Waals surface area contributed by atoms with E-state index in [4.69, 9.17) is 21.1 Å². The molecule has 1 aromatic heterocycles. The van der Waals surface area contributed by atoms with Gasteiger partial charge in [0.15, 0.2) is 23.2 Å². The fraction of sp³-hybridized carbons (Fsp3) is 0.238. The molecular weight excluding hydrogens is 449 g/mol. The van der Waals surface area contributed by atoms with E-state index in [2.05, 4.69) is 15.7 Å². The maximum Gasteiger partial charge on any atom is 0.410 e. The van der Waals surface area contributed by atoms with Crippen molar-refractivity contribution in [3.63, 3.8) is 0 Å². The topological polar surface area (TPSA) is 77.4 Å². The highest BCUT2D eigenvalue weighted by Crippen LogP contribution is 2.46. The number of carbonyl (C=O) groups is 1. The lowest BCUT2D eigenvalue weighted by Gasteiger charge is -2.33. The van der Waals surface area contributed by atoms with Crippen LogP contribution in [0.25, 0.3) is 0 Å². The summed E-state index contributed by atoms with van der Waals surface area (Å²) < 4.78 is 52.8. The zero-order valence-electron chi connectivity index (χ0n) is 16.3. The van der Waals surface area contributed by atoms with Gasteiger partial charge in [0.05, 0.1) is 6.04 Å². The molecule has 2 aromatic carbocycles. The summed E-state index contributed by atoms with van der Waals surface area (Å²) >= 11 is 6.35. The average molecular weight is 465 g/mol. The molecule has 0 fully saturated rings. The molecule has 0 unspecified atom stereocenters. The first-order valence-electron chi connectivity index (χ1n) is 9.68. The second-order valence-corrected chi connectivity index (χ2v) is 7.76. The molecule has 0 radical (unpaired) electrons. The summed E-state index contributed by atoms with van der Waals surface area (Å²) in [4.78, 5) is 12.8. The zero-order chi connectivity index (χ0) is 22.5. The van der Waals surface area contributed by atoms with Crippen molar-refractivity contribution < 1.29 is 27.4 Å². The van der Waals surface area contributed by atoms with Gasteiger partial charge in [-0.1, -0.05) is 41.9 Å². The number of anilines is 2. The Morgan fingerprint density at radius 2 is 1.91 bits per heavy atom. The number of fused-ring (bicyclic) bond motifs is 2. The highest BCUT2D eigenvalue weighted by atomic mass is 35.5. The molecule has 7 nitrogen and oxygen atoms in total. The highest BCUT2D eigenvalue weighted by Gasteiger charge is 2.47. The number of nitrogens with zero attached hydrogens (tertiary/aromatic N) is 2. The SMILES string of the molecule is O=C(Nc1ccc2c(c1)OCO2)c1nn2c(c1Cl)N[C@@H](c1ccccc1)C[C@@H]2C(F)(F)F. The number of hydrogen-bond acceptors (Lipinski definition) is 5. The van der Waals surface area contributed by atoms with Gasteiger partial charge in [-0.3, -0.25) is 4.79 Å². The molecule has 2 N–H and O–H groups in total. The maximum absolute atomic E-state index is 13.9. The Morgan fingerprint density at radius 1 is 1.16 bits per heavy atom. The number of alkyl halides is 3. The van der Waals surface area contributed by atoms with Crippen LogP contribution in [-0.2, 0) is 0 Å². The van der Waals surface area contributed by atoms with Crippen LogP contribution in [-0.4, -0.2) is 28.7 Å². The Labute approximate surface area is 185 Å². The van der Waals surface area contributed by atoms with Crippen LogP contribution in [0.2, 0.25) is 5.02 Å². The molecule has 2 aliphatic heterocycles. The van der Waals surface area contributed by atoms with Gasteiger partial charge in [0.1, 0.15) is 10.8 Å². The molecule has 2 atom stereocenters. The van der Waals surface area contributed by atoms with Gasteiger partial charge in [-0.15, -0.1) is 0 Å². The summed E-state index contributed by atoms with van der Waals surface area (Å²) in [5.41, 5.74) is 0.732. The highest BCUT2D eigenvalue weighted by molar-refractivity contribution is 6.36. The number of carbonyl (C=O) groups excluding carboxylic acids is 1. The van der Waals surface area contributed by atoms with Gasteiger partial charge in [0.25, 0.3) is 5.91 Å². The fourth-order valence-corrected chi connectivity index (χ4v) is 4.07. The van der Waals surface area contributed by atoms with Crippen molar-refractivity contribution in [3.05, 3.63) is 64.8 Å². The van der Waals surface area contributed by atoms with Crippen molar-refractivity contribution in [1.82, 2.24) is 9.78 Å². The van der Waals surface area contributed by atoms with Crippen molar-refractivity contribution in [2.75, 3.05) is 17.4 Å². The standard InChI is InChI=1S/C21H16ClF3N4O3/c22-17-18(20(30)26-12-6-7-14-15(8-12)32-10-31-14)28-29-16(21(23,24)25)9-13(27-19(17)29)11-4-2-1-3-5-11/h1-8,13,16,27H,9-10H2,(H,26,30)/t13-,16-/m1/s1. The fourth-order valence-electron chi connectivity index (χ4n) is 3.80. The number of rotatable bonds is 3. The van der Waals surface area contributed by atoms with Crippen LogP contribution in [0.1, 0.15) is 34.6 Å². The van der Waals surface area contributed by atoms with E-state index in [0.29, 0.717) is 22.7 Å². The van der Waals surface area contributed by atoms with E-state index in [1.807, 2.05) is 0 Å². The molecule has 1 amide bonds. The van der Waals surface area contributed by atoms with Crippen LogP contribution in [0.4, 0.5) is 24.7 Å². The van der Waals surface area contributed by atoms with Gasteiger partial charge in [-0.05, 0) is 17.7 Å². The molecule has 11 heteroatoms. The Bertz CT molecular complexity index is 1180. The number of ether oxygens (including phenoxy) is 2. The van der Waals surface area contributed by atoms with Gasteiger partial charge < -0.3 is 20.1 Å². The van der Waals surface area contributed by atoms with Crippen LogP contribution in [0.5, 0.6) is 11.5 Å². The summed E-state index contributed by atoms with van der Waals surface area (Å²) in [7, 11) is 0. The number of aromatic nitrogens is 2. The first kappa shape index (κ1) is 20.5. The number of hydrogen-bond donors (Lipinski definition) is 2. The van der Waals surface area contributed by atoms with Gasteiger partial charge in [-0.2, -0.15) is 18.3 Å². The number of amides is 1. The number of benzene rings is 2. The third-order valence-electron chi connectivity index (χ3n) is 5.34. The van der Waals surface area contributed by atoms with E-state index >= 15 is 0 Å². The summed E-state index contributed by atoms with van der Waals surface area (Å²) in [5.74, 6) is 0.185. The lowest BCUT2D eigenvalue weighted by Crippen LogP contribution is -2.35. The monoisotopic (exact) mass is 464 g/mol. The van der Waals surface area contributed by atoms with Crippen molar-refractivity contribution in [2.45, 2.75) is 24.7 Å². The van der Waals surface area contributed by atoms with E-state index in [-0.39, 0.29) is 29.7 Å². The molecular formula is C21H16ClF3N4O3. The molecule has 166 valence electrons. The van der Waals surface area contributed by atoms with Crippen molar-refractivity contribution in [3.8, 4) is 11.5 Å². The van der Waals surface area contributed by atoms with Crippen molar-refractivity contribution in [1.29, 1.82) is 0 Å². The number of halogens is 4. The molecule has 3 heterocycles. The van der Waals surface area contributed by atoms with Gasteiger partial charge in [-0.25, -0.2) is 4.68 Å². The van der Waals surface area contributed by atoms with E-state index in [9.17, 15) is 18.0 Å². The van der Waals surface area contributed by atoms with Crippen LogP contribution >= 0.6 is 11.6 Å². The summed E-state index contributed by atoms with van der Waals surface area (Å²) in [6, 6.07) is 10.9. The third-order valence-corrected chi connectivity index (χ3v) is 5.70. The minimum absolute atomic E-state index is 0.0510. The molecule has 0 spiro atoms. The van der Waals surface area contributed by atoms with Gasteiger partial charge in [0, 0.05) is 18.2 Å². The largest absolute Gasteiger partial charge is 0.454 e. The predicted octanol–water partition coefficient (Wildman–Crippen LogP) is 5.18. The van der Waals surface area contributed by atoms with Crippen LogP contribution < -0.4 is 20.1 Å². The van der Waals surface area contributed by atoms with Gasteiger partial charge in [0.2, 0.25) is 6.79 Å². The van der Waals surface area contributed by atoms with Crippen LogP contribution in [0.15, 0.2) is 48.5 Å². The third kappa shape index (κ3) is 3.60. The normalized spacial score (nSPS) is 19.2. The Kier molecular flexibility index (Phi) is 4.89. The lowest BCUT2D eigenvalue weighted by atomic mass is 9.97. The maximum atomic E-state index is 13.9. The Hall–Kier alpha value is -3.40. The van der Waals surface area contributed by atoms with Crippen molar-refractivity contribution in [2.24, 2.45) is 0 Å². The molecule has 0 bridgehead atoms. The van der Waals surface area contributed by atoms with Crippen molar-refractivity contribution >= 4 is 29.0 Å². The first-order valence-corrected chi connectivity index (χ1v) is 10.1.